The molecule has 18 atom stereocenters. The Hall–Kier alpha value is -9.87. The summed E-state index contributed by atoms with van der Waals surface area (Å²) < 4.78 is 39.6. The maximum atomic E-state index is 16.4. The van der Waals surface area contributed by atoms with Crippen LogP contribution in [-0.4, -0.2) is 178 Å². The molecule has 2 saturated heterocycles. The molecule has 11 bridgehead atoms. The number of benzene rings is 7. The van der Waals surface area contributed by atoms with Gasteiger partial charge in [-0.2, -0.15) is 0 Å². The first-order chi connectivity index (χ1) is 54.6. The highest BCUT2D eigenvalue weighted by Crippen LogP contribution is 2.51. The van der Waals surface area contributed by atoms with E-state index in [0.717, 1.165) is 59.2 Å². The molecule has 0 spiro atoms. The van der Waals surface area contributed by atoms with Crippen LogP contribution in [0.25, 0.3) is 22.3 Å². The number of nitrogens with two attached hydrogens (primary N) is 1. The van der Waals surface area contributed by atoms with Crippen LogP contribution in [0.1, 0.15) is 130 Å². The number of aliphatic hydroxyl groups excluding tert-OH is 6. The fraction of sp³-hybridized carbons (Fsp3) is 0.390. The molecule has 0 radical (unpaired) electrons. The van der Waals surface area contributed by atoms with Crippen molar-refractivity contribution in [2.24, 2.45) is 23.5 Å². The molecule has 2 fully saturated rings. The van der Waals surface area contributed by atoms with E-state index in [2.05, 4.69) is 26.6 Å². The van der Waals surface area contributed by atoms with Crippen molar-refractivity contribution in [1.29, 1.82) is 0 Å². The molecule has 0 saturated carbocycles. The van der Waals surface area contributed by atoms with Gasteiger partial charge in [-0.1, -0.05) is 103 Å². The number of halogens is 3. The van der Waals surface area contributed by atoms with Crippen molar-refractivity contribution >= 4 is 81.8 Å². The molecule has 610 valence electrons. The number of aromatic hydroxyl groups is 3. The molecular formula is C82H87Cl3N6O24. The Labute approximate surface area is 673 Å². The third kappa shape index (κ3) is 18.5. The molecular weight excluding hydrogens is 1560 g/mol. The lowest BCUT2D eigenvalue weighted by atomic mass is 9.79. The predicted octanol–water partition coefficient (Wildman–Crippen LogP) is 7.32. The average Bonchev–Trinajstić information content (AvgIpc) is 0.764. The zero-order chi connectivity index (χ0) is 82.9. The summed E-state index contributed by atoms with van der Waals surface area (Å²) in [5.41, 5.74) is 5.04. The Balaban J connectivity index is 1.04. The number of carboxylic acids is 1. The van der Waals surface area contributed by atoms with Gasteiger partial charge in [0.05, 0.1) is 52.8 Å². The number of primary amides is 1. The second kappa shape index (κ2) is 35.3. The zero-order valence-electron chi connectivity index (χ0n) is 62.6. The zero-order valence-corrected chi connectivity index (χ0v) is 64.8. The maximum absolute atomic E-state index is 16.4. The van der Waals surface area contributed by atoms with E-state index in [9.17, 15) is 65.4 Å². The quantitative estimate of drug-likeness (QED) is 0.0424. The lowest BCUT2D eigenvalue weighted by Crippen LogP contribution is -2.65. The van der Waals surface area contributed by atoms with Crippen molar-refractivity contribution in [1.82, 2.24) is 26.6 Å². The van der Waals surface area contributed by atoms with Crippen LogP contribution in [0, 0.1) is 17.8 Å². The lowest BCUT2D eigenvalue weighted by molar-refractivity contribution is -0.334. The summed E-state index contributed by atoms with van der Waals surface area (Å²) in [6, 6.07) is 22.3. The van der Waals surface area contributed by atoms with Crippen LogP contribution in [0.4, 0.5) is 0 Å². The molecule has 14 rings (SSSR count). The number of likely N-dealkylation sites (N-methyl/N-ethyl adjacent to an activating group) is 1. The largest absolute Gasteiger partial charge is 0.508 e. The van der Waals surface area contributed by atoms with E-state index in [1.807, 2.05) is 50.2 Å². The number of Topliss-reactive ketones (excluding diaryl/α,β-unsaturated/α-hetero) is 3. The molecule has 7 aliphatic heterocycles. The number of nitrogens with one attached hydrogen (secondary N) is 5. The second-order valence-corrected chi connectivity index (χ2v) is 31.3. The number of carboxylic acid groups (broad SMARTS) is 1. The third-order valence-corrected chi connectivity index (χ3v) is 22.3. The van der Waals surface area contributed by atoms with Crippen LogP contribution in [0.5, 0.6) is 46.0 Å². The standard InChI is InChI=1S/C82H87Cl3N6O24/c1-35(2)20-53(87-5)79(107)91-69-57(97)24-44(27-64(86)99)77(105)89-67-43-25-61(111-59-18-13-41(22-51(59)84)70(100)50-31-55(95)47(30-58(67)98)40-12-17-54(94)48(21-40)66-49(28-46(93)29-56(66)96)68(80(108)109)90-78(50)106)74(62(26-43)112-60-19-14-42(71(69)101)23-52(60)85)115-81-75(73(103)72(102)63(34-92)113-81)114-65-32-82(4,76(104)36(3)110-65)88-33-37-6-8-38(9-7-37)39-10-15-45(83)16-11-39/h6-19,21-23,25-26,28-29,35-36,44,47,50,53,63,65,67-73,75-76,81,87-88,92-94,96,100-104H,20,24,27,30-34H2,1-5H3,(H2,86,99)(H,89,105)(H,90,106)(H,91,107)(H,108,109)/t36-,44-,47-,50-,53+,63?,65-,67+,68-,69-,70+,71+,72?,73-,75+,76+,81?,82?/m0/s1. The van der Waals surface area contributed by atoms with Gasteiger partial charge in [0.1, 0.15) is 71.0 Å². The number of ether oxygens (including phenoxy) is 6. The van der Waals surface area contributed by atoms with Crippen LogP contribution in [0.15, 0.2) is 127 Å². The van der Waals surface area contributed by atoms with E-state index < -0.39 is 244 Å². The van der Waals surface area contributed by atoms with E-state index in [-0.39, 0.29) is 64.1 Å². The highest BCUT2D eigenvalue weighted by Gasteiger charge is 2.52. The van der Waals surface area contributed by atoms with E-state index in [1.165, 1.54) is 43.4 Å². The van der Waals surface area contributed by atoms with Gasteiger partial charge in [0.2, 0.25) is 35.7 Å². The maximum Gasteiger partial charge on any atom is 0.330 e. The minimum Gasteiger partial charge on any atom is -0.508 e. The number of phenols is 3. The van der Waals surface area contributed by atoms with E-state index in [4.69, 9.17) is 69.0 Å². The monoisotopic (exact) mass is 1640 g/mol. The first-order valence-electron chi connectivity index (χ1n) is 37.0. The molecule has 7 heterocycles. The van der Waals surface area contributed by atoms with Gasteiger partial charge in [0.25, 0.3) is 0 Å². The number of hydrogen-bond acceptors (Lipinski definition) is 25. The molecule has 7 aliphatic rings. The first kappa shape index (κ1) is 84.5. The summed E-state index contributed by atoms with van der Waals surface area (Å²) in [4.78, 5) is 119. The molecule has 115 heavy (non-hydrogen) atoms. The van der Waals surface area contributed by atoms with Crippen molar-refractivity contribution in [3.8, 4) is 68.2 Å². The fourth-order valence-corrected chi connectivity index (χ4v) is 15.8. The third-order valence-electron chi connectivity index (χ3n) is 21.5. The number of phenolic OH excluding ortho intramolecular Hbond substituents is 3. The SMILES string of the molecule is CN[C@H](CC(C)C)C(=O)N[C@H]1C(=O)C[C@@H](CC(N)=O)C(=O)N[C@H]2C(=O)C[C@@H]3C(=O)C[C@H](C(=O)N[C@H](C(=O)O)c4cc(O)cc(O)c4-c4cc3ccc4O)[C@H](O)c3ccc(c(Cl)c3)Oc3cc2cc(c3OC2OC(CO)C(O)[C@H](O)[C@H]2O[C@H]2CC(C)(NCc3ccc(-c4ccc(Cl)cc4)cc3)[C@H](O)[C@H](C)O2)Oc2ccc(cc2Cl)[C@H]1O. The summed E-state index contributed by atoms with van der Waals surface area (Å²) >= 11 is 20.5. The van der Waals surface area contributed by atoms with Crippen LogP contribution >= 0.6 is 34.8 Å². The molecule has 0 aromatic heterocycles. The van der Waals surface area contributed by atoms with Gasteiger partial charge in [-0.05, 0) is 139 Å². The topological polar surface area (TPSA) is 480 Å². The second-order valence-electron chi connectivity index (χ2n) is 30.1. The minimum atomic E-state index is -2.20. The Morgan fingerprint density at radius 1 is 0.687 bits per heavy atom. The Morgan fingerprint density at radius 2 is 1.31 bits per heavy atom. The average molecular weight is 1650 g/mol. The fourth-order valence-electron chi connectivity index (χ4n) is 15.2. The van der Waals surface area contributed by atoms with Crippen molar-refractivity contribution in [2.75, 3.05) is 13.7 Å². The number of carbonyl (C=O) groups excluding carboxylic acids is 7. The highest BCUT2D eigenvalue weighted by atomic mass is 35.5. The number of aliphatic hydroxyl groups is 6. The van der Waals surface area contributed by atoms with Crippen LogP contribution in [0.3, 0.4) is 0 Å². The van der Waals surface area contributed by atoms with Crippen molar-refractivity contribution < 1.29 is 118 Å². The van der Waals surface area contributed by atoms with Crippen LogP contribution < -0.4 is 46.5 Å². The lowest BCUT2D eigenvalue weighted by Gasteiger charge is -2.48. The minimum absolute atomic E-state index is 0.0823. The summed E-state index contributed by atoms with van der Waals surface area (Å²) in [5.74, 6) is -19.9. The van der Waals surface area contributed by atoms with Gasteiger partial charge in [-0.15, -0.1) is 0 Å². The number of rotatable bonds is 17. The number of amides is 4. The summed E-state index contributed by atoms with van der Waals surface area (Å²) in [6.07, 6.45) is -21.2. The summed E-state index contributed by atoms with van der Waals surface area (Å²) in [5, 5.41) is 131. The molecule has 33 heteroatoms. The summed E-state index contributed by atoms with van der Waals surface area (Å²) in [6.45, 7) is 6.24. The number of fused-ring (bicyclic) bond motifs is 15. The van der Waals surface area contributed by atoms with E-state index in [0.29, 0.717) is 5.02 Å². The van der Waals surface area contributed by atoms with E-state index in [1.54, 1.807) is 26.0 Å². The van der Waals surface area contributed by atoms with Gasteiger partial charge < -0.3 is 112 Å². The molecule has 4 amide bonds. The van der Waals surface area contributed by atoms with Gasteiger partial charge in [0, 0.05) is 77.9 Å². The molecule has 30 nitrogen and oxygen atoms in total. The number of carbonyl (C=O) groups is 8. The first-order valence-corrected chi connectivity index (χ1v) is 38.2. The van der Waals surface area contributed by atoms with Gasteiger partial charge in [0.15, 0.2) is 41.5 Å². The molecule has 7 aromatic rings. The Morgan fingerprint density at radius 3 is 1.91 bits per heavy atom. The van der Waals surface area contributed by atoms with Gasteiger partial charge in [-0.3, -0.25) is 33.6 Å². The molecule has 7 aromatic carbocycles. The number of ketones is 3. The molecule has 0 aliphatic carbocycles. The smallest absolute Gasteiger partial charge is 0.330 e. The Bertz CT molecular complexity index is 4880. The van der Waals surface area contributed by atoms with Crippen molar-refractivity contribution in [2.45, 2.75) is 170 Å². The predicted molar refractivity (Wildman–Crippen MR) is 413 cm³/mol. The normalized spacial score (nSPS) is 27.5. The summed E-state index contributed by atoms with van der Waals surface area (Å²) in [7, 11) is 1.50. The van der Waals surface area contributed by atoms with Gasteiger partial charge in [-0.25, -0.2) is 4.79 Å². The number of hydrogen-bond donors (Lipinski definition) is 16. The molecule has 4 unspecified atom stereocenters. The van der Waals surface area contributed by atoms with Gasteiger partial charge >= 0.3 is 5.97 Å². The number of aliphatic carboxylic acids is 1. The van der Waals surface area contributed by atoms with Crippen molar-refractivity contribution in [3.05, 3.63) is 176 Å². The van der Waals surface area contributed by atoms with E-state index >= 15 is 24.0 Å². The van der Waals surface area contributed by atoms with Crippen molar-refractivity contribution in [3.63, 3.8) is 0 Å². The Kier molecular flexibility index (Phi) is 25.9. The van der Waals surface area contributed by atoms with Crippen LogP contribution in [-0.2, 0) is 59.1 Å². The molecule has 17 N–H and O–H groups in total. The highest BCUT2D eigenvalue weighted by molar-refractivity contribution is 6.32. The van der Waals surface area contributed by atoms with Crippen LogP contribution in [0.2, 0.25) is 15.1 Å².